The van der Waals surface area contributed by atoms with Gasteiger partial charge in [-0.3, -0.25) is 9.78 Å². The molecule has 5 rings (SSSR count). The van der Waals surface area contributed by atoms with Crippen molar-refractivity contribution in [2.45, 2.75) is 44.5 Å². The van der Waals surface area contributed by atoms with E-state index < -0.39 is 29.8 Å². The summed E-state index contributed by atoms with van der Waals surface area (Å²) < 4.78 is 41.1. The number of nitrogens with one attached hydrogen (secondary N) is 1. The van der Waals surface area contributed by atoms with Gasteiger partial charge in [0.25, 0.3) is 5.91 Å². The summed E-state index contributed by atoms with van der Waals surface area (Å²) in [7, 11) is 0. The SMILES string of the molecule is Cc1cn2nc([C@@H]3CCCCN3C(=O)c3cc(C(F)(F)F)ccn3)cc2nc1N1CC(=N)[C@@H](O)C1. The number of aromatic nitrogens is 4. The summed E-state index contributed by atoms with van der Waals surface area (Å²) in [6.45, 7) is 2.84. The van der Waals surface area contributed by atoms with Crippen molar-refractivity contribution in [3.8, 4) is 0 Å². The molecule has 3 aromatic rings. The fraction of sp³-hybridized carbons (Fsp3) is 0.435. The molecule has 0 radical (unpaired) electrons. The lowest BCUT2D eigenvalue weighted by Gasteiger charge is -2.34. The van der Waals surface area contributed by atoms with Crippen molar-refractivity contribution in [3.05, 3.63) is 53.1 Å². The number of anilines is 1. The molecule has 2 fully saturated rings. The number of piperidine rings is 1. The number of aryl methyl sites for hydroxylation is 1. The number of hydrogen-bond acceptors (Lipinski definition) is 7. The number of amides is 1. The first-order chi connectivity index (χ1) is 16.6. The van der Waals surface area contributed by atoms with Crippen molar-refractivity contribution in [2.75, 3.05) is 24.5 Å². The molecular formula is C23H24F3N7O2. The highest BCUT2D eigenvalue weighted by atomic mass is 19.4. The normalized spacial score (nSPS) is 21.2. The first-order valence-electron chi connectivity index (χ1n) is 11.3. The van der Waals surface area contributed by atoms with Crippen molar-refractivity contribution in [2.24, 2.45) is 0 Å². The molecule has 1 amide bonds. The van der Waals surface area contributed by atoms with Crippen LogP contribution in [0.25, 0.3) is 5.65 Å². The number of aliphatic hydroxyl groups excluding tert-OH is 1. The minimum atomic E-state index is -4.56. The summed E-state index contributed by atoms with van der Waals surface area (Å²) in [4.78, 5) is 25.2. The lowest BCUT2D eigenvalue weighted by molar-refractivity contribution is -0.137. The summed E-state index contributed by atoms with van der Waals surface area (Å²) >= 11 is 0. The van der Waals surface area contributed by atoms with Gasteiger partial charge in [0.2, 0.25) is 0 Å². The van der Waals surface area contributed by atoms with E-state index in [1.54, 1.807) is 21.7 Å². The third kappa shape index (κ3) is 4.33. The number of carbonyl (C=O) groups excluding carboxylic acids is 1. The van der Waals surface area contributed by atoms with Gasteiger partial charge in [-0.1, -0.05) is 0 Å². The number of fused-ring (bicyclic) bond motifs is 1. The Bertz CT molecular complexity index is 1310. The zero-order chi connectivity index (χ0) is 24.9. The quantitative estimate of drug-likeness (QED) is 0.588. The zero-order valence-corrected chi connectivity index (χ0v) is 19.0. The van der Waals surface area contributed by atoms with Crippen LogP contribution in [0.1, 0.15) is 52.6 Å². The lowest BCUT2D eigenvalue weighted by Crippen LogP contribution is -2.39. The van der Waals surface area contributed by atoms with Crippen LogP contribution in [-0.2, 0) is 6.18 Å². The molecule has 12 heteroatoms. The second-order valence-corrected chi connectivity index (χ2v) is 8.98. The van der Waals surface area contributed by atoms with Gasteiger partial charge in [-0.2, -0.15) is 18.3 Å². The average molecular weight is 487 g/mol. The molecule has 2 aliphatic rings. The molecule has 0 aliphatic carbocycles. The minimum absolute atomic E-state index is 0.236. The molecule has 2 N–H and O–H groups in total. The Morgan fingerprint density at radius 1 is 1.26 bits per heavy atom. The number of pyridine rings is 1. The van der Waals surface area contributed by atoms with Crippen LogP contribution >= 0.6 is 0 Å². The van der Waals surface area contributed by atoms with E-state index in [1.165, 1.54) is 0 Å². The van der Waals surface area contributed by atoms with Crippen LogP contribution in [0.15, 0.2) is 30.6 Å². The summed E-state index contributed by atoms with van der Waals surface area (Å²) in [6, 6.07) is 2.99. The van der Waals surface area contributed by atoms with Gasteiger partial charge in [0.15, 0.2) is 5.65 Å². The number of β-amino-alcohol motifs (C(OH)–C–C–N with tert-alkyl or cyclic N) is 1. The van der Waals surface area contributed by atoms with Crippen LogP contribution in [0, 0.1) is 12.3 Å². The third-order valence-electron chi connectivity index (χ3n) is 6.49. The molecule has 0 saturated carbocycles. The second kappa shape index (κ2) is 8.59. The van der Waals surface area contributed by atoms with E-state index in [2.05, 4.69) is 15.1 Å². The molecule has 3 aromatic heterocycles. The van der Waals surface area contributed by atoms with Crippen molar-refractivity contribution in [1.29, 1.82) is 5.41 Å². The molecule has 5 heterocycles. The first-order valence-corrected chi connectivity index (χ1v) is 11.3. The van der Waals surface area contributed by atoms with E-state index in [9.17, 15) is 23.1 Å². The Balaban J connectivity index is 1.46. The highest BCUT2D eigenvalue weighted by Crippen LogP contribution is 2.34. The molecule has 2 aliphatic heterocycles. The minimum Gasteiger partial charge on any atom is -0.385 e. The van der Waals surface area contributed by atoms with Crippen LogP contribution in [-0.4, -0.2) is 66.9 Å². The summed E-state index contributed by atoms with van der Waals surface area (Å²) in [5.74, 6) is 0.0854. The Kier molecular flexibility index (Phi) is 5.70. The molecule has 9 nitrogen and oxygen atoms in total. The number of alkyl halides is 3. The number of hydrogen-bond donors (Lipinski definition) is 2. The molecular weight excluding hydrogens is 463 g/mol. The lowest BCUT2D eigenvalue weighted by atomic mass is 9.98. The molecule has 0 bridgehead atoms. The van der Waals surface area contributed by atoms with Gasteiger partial charge in [0, 0.05) is 30.6 Å². The highest BCUT2D eigenvalue weighted by molar-refractivity contribution is 5.94. The van der Waals surface area contributed by atoms with Gasteiger partial charge in [-0.15, -0.1) is 0 Å². The molecule has 0 aromatic carbocycles. The van der Waals surface area contributed by atoms with Crippen LogP contribution in [0.2, 0.25) is 0 Å². The van der Waals surface area contributed by atoms with Crippen LogP contribution in [0.3, 0.4) is 0 Å². The predicted octanol–water partition coefficient (Wildman–Crippen LogP) is 3.02. The number of rotatable bonds is 3. The van der Waals surface area contributed by atoms with E-state index in [-0.39, 0.29) is 11.4 Å². The van der Waals surface area contributed by atoms with Crippen molar-refractivity contribution in [1.82, 2.24) is 24.5 Å². The fourth-order valence-electron chi connectivity index (χ4n) is 4.71. The molecule has 2 saturated heterocycles. The Labute approximate surface area is 198 Å². The maximum absolute atomic E-state index is 13.2. The maximum Gasteiger partial charge on any atom is 0.416 e. The first kappa shape index (κ1) is 23.2. The van der Waals surface area contributed by atoms with Gasteiger partial charge >= 0.3 is 6.18 Å². The van der Waals surface area contributed by atoms with E-state index >= 15 is 0 Å². The van der Waals surface area contributed by atoms with E-state index in [0.29, 0.717) is 43.2 Å². The van der Waals surface area contributed by atoms with E-state index in [1.807, 2.05) is 11.8 Å². The number of carbonyl (C=O) groups is 1. The highest BCUT2D eigenvalue weighted by Gasteiger charge is 2.35. The molecule has 35 heavy (non-hydrogen) atoms. The largest absolute Gasteiger partial charge is 0.416 e. The Hall–Kier alpha value is -3.54. The zero-order valence-electron chi connectivity index (χ0n) is 19.0. The second-order valence-electron chi connectivity index (χ2n) is 8.98. The van der Waals surface area contributed by atoms with Crippen molar-refractivity contribution in [3.63, 3.8) is 0 Å². The number of likely N-dealkylation sites (tertiary alicyclic amines) is 1. The average Bonchev–Trinajstić information content (AvgIpc) is 3.39. The van der Waals surface area contributed by atoms with Gasteiger partial charge in [-0.05, 0) is 38.3 Å². The van der Waals surface area contributed by atoms with Crippen molar-refractivity contribution < 1.29 is 23.1 Å². The molecule has 184 valence electrons. The van der Waals surface area contributed by atoms with Crippen molar-refractivity contribution >= 4 is 23.1 Å². The van der Waals surface area contributed by atoms with Crippen LogP contribution in [0.4, 0.5) is 19.0 Å². The summed E-state index contributed by atoms with van der Waals surface area (Å²) in [6.07, 6.45) is -0.369. The van der Waals surface area contributed by atoms with Gasteiger partial charge in [0.1, 0.15) is 17.6 Å². The van der Waals surface area contributed by atoms with Crippen LogP contribution < -0.4 is 4.90 Å². The predicted molar refractivity (Wildman–Crippen MR) is 121 cm³/mol. The van der Waals surface area contributed by atoms with Gasteiger partial charge in [-0.25, -0.2) is 9.50 Å². The maximum atomic E-state index is 13.2. The van der Waals surface area contributed by atoms with E-state index in [4.69, 9.17) is 5.41 Å². The smallest absolute Gasteiger partial charge is 0.385 e. The topological polar surface area (TPSA) is 111 Å². The molecule has 0 unspecified atom stereocenters. The number of halogens is 3. The molecule has 0 spiro atoms. The fourth-order valence-corrected chi connectivity index (χ4v) is 4.71. The Morgan fingerprint density at radius 2 is 2.06 bits per heavy atom. The standard InChI is InChI=1S/C23H24F3N7O2/c1-13-10-33-20(29-21(13)31-11-15(27)19(34)12-31)9-16(30-33)18-4-2-3-7-32(18)22(35)17-8-14(5-6-28-17)23(24,25)26/h5-6,8-10,18-19,27,34H,2-4,7,11-12H2,1H3/t18-,19-/m0/s1. The Morgan fingerprint density at radius 3 is 2.77 bits per heavy atom. The van der Waals surface area contributed by atoms with Crippen LogP contribution in [0.5, 0.6) is 0 Å². The van der Waals surface area contributed by atoms with Gasteiger partial charge in [0.05, 0.1) is 36.1 Å². The molecule has 2 atom stereocenters. The monoisotopic (exact) mass is 487 g/mol. The third-order valence-corrected chi connectivity index (χ3v) is 6.49. The number of aliphatic hydroxyl groups is 1. The summed E-state index contributed by atoms with van der Waals surface area (Å²) in [5.41, 5.74) is 1.04. The van der Waals surface area contributed by atoms with Gasteiger partial charge < -0.3 is 20.3 Å². The van der Waals surface area contributed by atoms with E-state index in [0.717, 1.165) is 36.7 Å². The summed E-state index contributed by atoms with van der Waals surface area (Å²) in [5, 5.41) is 22.4. The number of nitrogens with zero attached hydrogens (tertiary/aromatic N) is 6.